The number of para-hydroxylation sites is 2. The highest BCUT2D eigenvalue weighted by molar-refractivity contribution is 5.80. The van der Waals surface area contributed by atoms with E-state index in [1.807, 2.05) is 13.8 Å². The SMILES string of the molecule is CCNC(=NCCNc1ccccc1[N+](=O)[O-])N1CCC(C(=O)OCC)CC1. The van der Waals surface area contributed by atoms with Gasteiger partial charge in [0.15, 0.2) is 5.96 Å². The van der Waals surface area contributed by atoms with Gasteiger partial charge in [0.25, 0.3) is 5.69 Å². The van der Waals surface area contributed by atoms with E-state index in [0.717, 1.165) is 38.4 Å². The Morgan fingerprint density at radius 1 is 1.32 bits per heavy atom. The highest BCUT2D eigenvalue weighted by atomic mass is 16.6. The molecule has 2 rings (SSSR count). The maximum Gasteiger partial charge on any atom is 0.309 e. The van der Waals surface area contributed by atoms with Crippen LogP contribution in [0.4, 0.5) is 11.4 Å². The molecular formula is C19H29N5O4. The third-order valence-electron chi connectivity index (χ3n) is 4.54. The number of nitro groups is 1. The highest BCUT2D eigenvalue weighted by Crippen LogP contribution is 2.22. The molecular weight excluding hydrogens is 362 g/mol. The Kier molecular flexibility index (Phi) is 8.51. The molecule has 0 atom stereocenters. The number of benzene rings is 1. The summed E-state index contributed by atoms with van der Waals surface area (Å²) in [6, 6.07) is 6.57. The third-order valence-corrected chi connectivity index (χ3v) is 4.54. The summed E-state index contributed by atoms with van der Waals surface area (Å²) in [6.07, 6.45) is 1.50. The lowest BCUT2D eigenvalue weighted by atomic mass is 9.97. The lowest BCUT2D eigenvalue weighted by molar-refractivity contribution is -0.384. The van der Waals surface area contributed by atoms with Gasteiger partial charge in [-0.25, -0.2) is 0 Å². The van der Waals surface area contributed by atoms with Crippen LogP contribution in [0, 0.1) is 16.0 Å². The van der Waals surface area contributed by atoms with Crippen LogP contribution in [0.1, 0.15) is 26.7 Å². The molecule has 9 heteroatoms. The Labute approximate surface area is 165 Å². The van der Waals surface area contributed by atoms with Gasteiger partial charge >= 0.3 is 5.97 Å². The molecule has 0 aliphatic carbocycles. The van der Waals surface area contributed by atoms with Gasteiger partial charge in [0, 0.05) is 32.2 Å². The van der Waals surface area contributed by atoms with Crippen molar-refractivity contribution in [1.29, 1.82) is 0 Å². The first-order chi connectivity index (χ1) is 13.6. The van der Waals surface area contributed by atoms with Crippen LogP contribution < -0.4 is 10.6 Å². The minimum atomic E-state index is -0.399. The number of nitrogens with zero attached hydrogens (tertiary/aromatic N) is 3. The number of nitrogens with one attached hydrogen (secondary N) is 2. The number of nitro benzene ring substituents is 1. The molecule has 154 valence electrons. The van der Waals surface area contributed by atoms with Crippen LogP contribution in [0.25, 0.3) is 0 Å². The van der Waals surface area contributed by atoms with Crippen LogP contribution in [0.5, 0.6) is 0 Å². The molecule has 1 aliphatic heterocycles. The van der Waals surface area contributed by atoms with Gasteiger partial charge in [-0.15, -0.1) is 0 Å². The summed E-state index contributed by atoms with van der Waals surface area (Å²) in [5.74, 6) is 0.645. The van der Waals surface area contributed by atoms with Gasteiger partial charge in [0.05, 0.1) is 24.0 Å². The number of carbonyl (C=O) groups is 1. The van der Waals surface area contributed by atoms with E-state index < -0.39 is 4.92 Å². The molecule has 1 aromatic carbocycles. The largest absolute Gasteiger partial charge is 0.466 e. The van der Waals surface area contributed by atoms with E-state index >= 15 is 0 Å². The van der Waals surface area contributed by atoms with Crippen molar-refractivity contribution in [2.45, 2.75) is 26.7 Å². The van der Waals surface area contributed by atoms with Crippen LogP contribution >= 0.6 is 0 Å². The number of aliphatic imine (C=N–C) groups is 1. The zero-order valence-electron chi connectivity index (χ0n) is 16.5. The predicted octanol–water partition coefficient (Wildman–Crippen LogP) is 2.25. The third kappa shape index (κ3) is 6.11. The van der Waals surface area contributed by atoms with E-state index in [-0.39, 0.29) is 17.6 Å². The van der Waals surface area contributed by atoms with Crippen LogP contribution in [-0.2, 0) is 9.53 Å². The summed E-state index contributed by atoms with van der Waals surface area (Å²) in [5.41, 5.74) is 0.544. The molecule has 0 radical (unpaired) electrons. The van der Waals surface area contributed by atoms with Crippen LogP contribution in [0.15, 0.2) is 29.3 Å². The molecule has 0 spiro atoms. The van der Waals surface area contributed by atoms with Crippen LogP contribution in [0.2, 0.25) is 0 Å². The summed E-state index contributed by atoms with van der Waals surface area (Å²) in [6.45, 7) is 7.43. The molecule has 9 nitrogen and oxygen atoms in total. The number of likely N-dealkylation sites (tertiary alicyclic amines) is 1. The van der Waals surface area contributed by atoms with E-state index in [1.54, 1.807) is 18.2 Å². The molecule has 0 unspecified atom stereocenters. The van der Waals surface area contributed by atoms with Crippen molar-refractivity contribution in [2.24, 2.45) is 10.9 Å². The van der Waals surface area contributed by atoms with Gasteiger partial charge in [-0.05, 0) is 32.8 Å². The van der Waals surface area contributed by atoms with Gasteiger partial charge < -0.3 is 20.3 Å². The molecule has 1 fully saturated rings. The minimum Gasteiger partial charge on any atom is -0.466 e. The predicted molar refractivity (Wildman–Crippen MR) is 108 cm³/mol. The van der Waals surface area contributed by atoms with Crippen LogP contribution in [0.3, 0.4) is 0 Å². The maximum absolute atomic E-state index is 11.9. The standard InChI is InChI=1S/C19H29N5O4/c1-3-20-19(23-13-9-15(10-14-23)18(25)28-4-2)22-12-11-21-16-7-5-6-8-17(16)24(26)27/h5-8,15,21H,3-4,9-14H2,1-2H3,(H,20,22). The first-order valence-corrected chi connectivity index (χ1v) is 9.74. The maximum atomic E-state index is 11.9. The van der Waals surface area contributed by atoms with Gasteiger partial charge in [0.2, 0.25) is 0 Å². The molecule has 0 saturated carbocycles. The smallest absolute Gasteiger partial charge is 0.309 e. The number of piperidine rings is 1. The number of ether oxygens (including phenoxy) is 1. The van der Waals surface area contributed by atoms with Crippen molar-refractivity contribution in [3.63, 3.8) is 0 Å². The van der Waals surface area contributed by atoms with Gasteiger partial charge in [-0.2, -0.15) is 0 Å². The fourth-order valence-corrected chi connectivity index (χ4v) is 3.15. The molecule has 28 heavy (non-hydrogen) atoms. The first kappa shape index (κ1) is 21.5. The van der Waals surface area contributed by atoms with Gasteiger partial charge in [0.1, 0.15) is 5.69 Å². The van der Waals surface area contributed by atoms with Gasteiger partial charge in [-0.3, -0.25) is 19.9 Å². The van der Waals surface area contributed by atoms with E-state index in [4.69, 9.17) is 4.74 Å². The van der Waals surface area contributed by atoms with Crippen LogP contribution in [-0.4, -0.2) is 61.1 Å². The Bertz CT molecular complexity index is 687. The number of carbonyl (C=O) groups excluding carboxylic acids is 1. The lowest BCUT2D eigenvalue weighted by Crippen LogP contribution is -2.47. The highest BCUT2D eigenvalue weighted by Gasteiger charge is 2.27. The molecule has 2 N–H and O–H groups in total. The molecule has 0 aromatic heterocycles. The van der Waals surface area contributed by atoms with Crippen molar-refractivity contribution in [1.82, 2.24) is 10.2 Å². The van der Waals surface area contributed by atoms with E-state index in [1.165, 1.54) is 6.07 Å². The van der Waals surface area contributed by atoms with Crippen molar-refractivity contribution in [2.75, 3.05) is 44.6 Å². The molecule has 1 aromatic rings. The number of hydrogen-bond acceptors (Lipinski definition) is 6. The normalized spacial score (nSPS) is 15.2. The molecule has 1 aliphatic rings. The quantitative estimate of drug-likeness (QED) is 0.175. The molecule has 0 bridgehead atoms. The second kappa shape index (κ2) is 11.1. The van der Waals surface area contributed by atoms with E-state index in [0.29, 0.717) is 25.4 Å². The zero-order chi connectivity index (χ0) is 20.4. The summed E-state index contributed by atoms with van der Waals surface area (Å²) >= 11 is 0. The Hall–Kier alpha value is -2.84. The number of esters is 1. The minimum absolute atomic E-state index is 0.0422. The molecule has 0 amide bonds. The number of hydrogen-bond donors (Lipinski definition) is 2. The number of anilines is 1. The second-order valence-corrected chi connectivity index (χ2v) is 6.45. The second-order valence-electron chi connectivity index (χ2n) is 6.45. The van der Waals surface area contributed by atoms with Gasteiger partial charge in [-0.1, -0.05) is 12.1 Å². The first-order valence-electron chi connectivity index (χ1n) is 9.74. The summed E-state index contributed by atoms with van der Waals surface area (Å²) in [5, 5.41) is 17.4. The monoisotopic (exact) mass is 391 g/mol. The zero-order valence-corrected chi connectivity index (χ0v) is 16.5. The van der Waals surface area contributed by atoms with Crippen molar-refractivity contribution < 1.29 is 14.5 Å². The van der Waals surface area contributed by atoms with Crippen molar-refractivity contribution in [3.05, 3.63) is 34.4 Å². The van der Waals surface area contributed by atoms with Crippen molar-refractivity contribution >= 4 is 23.3 Å². The summed E-state index contributed by atoms with van der Waals surface area (Å²) in [7, 11) is 0. The van der Waals surface area contributed by atoms with Crippen molar-refractivity contribution in [3.8, 4) is 0 Å². The average Bonchev–Trinajstić information content (AvgIpc) is 2.71. The topological polar surface area (TPSA) is 109 Å². The Morgan fingerprint density at radius 3 is 2.68 bits per heavy atom. The summed E-state index contributed by atoms with van der Waals surface area (Å²) in [4.78, 5) is 29.3. The summed E-state index contributed by atoms with van der Waals surface area (Å²) < 4.78 is 5.11. The number of guanidine groups is 1. The average molecular weight is 391 g/mol. The van der Waals surface area contributed by atoms with E-state index in [2.05, 4.69) is 20.5 Å². The number of rotatable bonds is 8. The molecule has 1 saturated heterocycles. The lowest BCUT2D eigenvalue weighted by Gasteiger charge is -2.33. The fraction of sp³-hybridized carbons (Fsp3) is 0.579. The Balaban J connectivity index is 1.88. The molecule has 1 heterocycles. The van der Waals surface area contributed by atoms with E-state index in [9.17, 15) is 14.9 Å². The Morgan fingerprint density at radius 2 is 2.04 bits per heavy atom. The fourth-order valence-electron chi connectivity index (χ4n) is 3.15.